The number of carbonyl (C=O) groups excluding carboxylic acids is 1. The summed E-state index contributed by atoms with van der Waals surface area (Å²) in [5, 5.41) is 2.40. The summed E-state index contributed by atoms with van der Waals surface area (Å²) in [7, 11) is 0. The molecular weight excluding hydrogens is 306 g/mol. The smallest absolute Gasteiger partial charge is 0.246 e. The molecule has 0 atom stereocenters. The van der Waals surface area contributed by atoms with Gasteiger partial charge >= 0.3 is 0 Å². The zero-order chi connectivity index (χ0) is 14.7. The summed E-state index contributed by atoms with van der Waals surface area (Å²) in [5.74, 6) is 0.0677. The monoisotopic (exact) mass is 323 g/mol. The number of amides is 1. The average Bonchev–Trinajstić information content (AvgIpc) is 2.96. The lowest BCUT2D eigenvalue weighted by Gasteiger charge is -2.23. The number of rotatable bonds is 2. The molecule has 4 nitrogen and oxygen atoms in total. The molecule has 0 bridgehead atoms. The zero-order valence-electron chi connectivity index (χ0n) is 11.8. The van der Waals surface area contributed by atoms with E-state index >= 15 is 0 Å². The van der Waals surface area contributed by atoms with Crippen LogP contribution in [0.1, 0.15) is 37.8 Å². The minimum Gasteiger partial charge on any atom is -0.339 e. The van der Waals surface area contributed by atoms with Gasteiger partial charge in [-0.3, -0.25) is 9.20 Å². The third-order valence-corrected chi connectivity index (χ3v) is 4.84. The van der Waals surface area contributed by atoms with Gasteiger partial charge in [-0.1, -0.05) is 30.9 Å². The zero-order valence-corrected chi connectivity index (χ0v) is 13.4. The first-order chi connectivity index (χ1) is 10.3. The van der Waals surface area contributed by atoms with E-state index in [1.165, 1.54) is 30.6 Å². The molecule has 3 rings (SSSR count). The number of carbonyl (C=O) groups is 1. The van der Waals surface area contributed by atoms with Crippen LogP contribution in [0, 0.1) is 0 Å². The van der Waals surface area contributed by atoms with Crippen LogP contribution in [0.25, 0.3) is 11.0 Å². The topological polar surface area (TPSA) is 37.6 Å². The Balaban J connectivity index is 1.73. The van der Waals surface area contributed by atoms with E-state index in [1.54, 1.807) is 12.2 Å². The van der Waals surface area contributed by atoms with Crippen LogP contribution >= 0.6 is 22.9 Å². The summed E-state index contributed by atoms with van der Waals surface area (Å²) in [6.07, 6.45) is 11.2. The predicted molar refractivity (Wildman–Crippen MR) is 86.8 cm³/mol. The molecule has 2 aromatic rings. The summed E-state index contributed by atoms with van der Waals surface area (Å²) < 4.78 is 1.91. The fourth-order valence-corrected chi connectivity index (χ4v) is 3.65. The molecule has 1 fully saturated rings. The van der Waals surface area contributed by atoms with Crippen molar-refractivity contribution in [1.29, 1.82) is 0 Å². The summed E-state index contributed by atoms with van der Waals surface area (Å²) >= 11 is 7.65. The highest BCUT2D eigenvalue weighted by atomic mass is 35.5. The lowest BCUT2D eigenvalue weighted by atomic mass is 10.1. The first-order valence-corrected chi connectivity index (χ1v) is 8.59. The number of likely N-dealkylation sites (tertiary alicyclic amines) is 1. The van der Waals surface area contributed by atoms with Crippen molar-refractivity contribution in [2.75, 3.05) is 13.1 Å². The van der Waals surface area contributed by atoms with E-state index in [2.05, 4.69) is 4.98 Å². The van der Waals surface area contributed by atoms with Gasteiger partial charge in [0.05, 0.1) is 5.69 Å². The van der Waals surface area contributed by atoms with Crippen molar-refractivity contribution in [3.05, 3.63) is 28.5 Å². The van der Waals surface area contributed by atoms with E-state index in [-0.39, 0.29) is 5.91 Å². The van der Waals surface area contributed by atoms with E-state index in [0.29, 0.717) is 5.15 Å². The maximum atomic E-state index is 12.3. The molecule has 1 aliphatic rings. The Hall–Kier alpha value is -1.33. The molecular formula is C15H18ClN3OS. The van der Waals surface area contributed by atoms with E-state index in [0.717, 1.165) is 36.6 Å². The second-order valence-electron chi connectivity index (χ2n) is 5.27. The second kappa shape index (κ2) is 6.62. The third kappa shape index (κ3) is 3.30. The third-order valence-electron chi connectivity index (χ3n) is 3.81. The Morgan fingerprint density at radius 3 is 2.71 bits per heavy atom. The van der Waals surface area contributed by atoms with Gasteiger partial charge < -0.3 is 4.90 Å². The molecule has 2 aromatic heterocycles. The molecule has 112 valence electrons. The number of hydrogen-bond acceptors (Lipinski definition) is 3. The summed E-state index contributed by atoms with van der Waals surface area (Å²) in [6.45, 7) is 1.72. The SMILES string of the molecule is O=C(C=Cc1c(Cl)nc2sccn12)N1CCCCCCC1. The fourth-order valence-electron chi connectivity index (χ4n) is 2.65. The molecule has 0 unspecified atom stereocenters. The Morgan fingerprint density at radius 1 is 1.24 bits per heavy atom. The first kappa shape index (κ1) is 14.6. The molecule has 0 aliphatic carbocycles. The lowest BCUT2D eigenvalue weighted by Crippen LogP contribution is -2.32. The van der Waals surface area contributed by atoms with E-state index in [4.69, 9.17) is 11.6 Å². The van der Waals surface area contributed by atoms with Crippen LogP contribution in [0.15, 0.2) is 17.7 Å². The molecule has 0 aromatic carbocycles. The van der Waals surface area contributed by atoms with Gasteiger partial charge in [0, 0.05) is 30.7 Å². The highest BCUT2D eigenvalue weighted by Gasteiger charge is 2.13. The first-order valence-electron chi connectivity index (χ1n) is 7.34. The quantitative estimate of drug-likeness (QED) is 0.787. The molecule has 1 saturated heterocycles. The van der Waals surface area contributed by atoms with Crippen molar-refractivity contribution in [2.24, 2.45) is 0 Å². The Bertz CT molecular complexity index is 653. The average molecular weight is 324 g/mol. The molecule has 1 amide bonds. The molecule has 3 heterocycles. The Kier molecular flexibility index (Phi) is 4.60. The number of thiazole rings is 1. The minimum absolute atomic E-state index is 0.0677. The number of halogens is 1. The van der Waals surface area contributed by atoms with Gasteiger partial charge in [0.15, 0.2) is 10.1 Å². The van der Waals surface area contributed by atoms with Crippen molar-refractivity contribution >= 4 is 39.9 Å². The molecule has 0 spiro atoms. The van der Waals surface area contributed by atoms with Gasteiger partial charge in [-0.05, 0) is 18.9 Å². The Morgan fingerprint density at radius 2 is 1.95 bits per heavy atom. The van der Waals surface area contributed by atoms with Crippen LogP contribution in [-0.2, 0) is 4.79 Å². The van der Waals surface area contributed by atoms with Crippen LogP contribution < -0.4 is 0 Å². The standard InChI is InChI=1S/C15H18ClN3OS/c16-14-12(19-10-11-21-15(19)17-14)6-7-13(20)18-8-4-2-1-3-5-9-18/h6-7,10-11H,1-5,8-9H2. The number of imidazole rings is 1. The van der Waals surface area contributed by atoms with Crippen LogP contribution in [0.4, 0.5) is 0 Å². The van der Waals surface area contributed by atoms with Gasteiger partial charge in [-0.15, -0.1) is 11.3 Å². The predicted octanol–water partition coefficient (Wildman–Crippen LogP) is 3.86. The largest absolute Gasteiger partial charge is 0.339 e. The normalized spacial score (nSPS) is 17.3. The van der Waals surface area contributed by atoms with E-state index in [9.17, 15) is 4.79 Å². The lowest BCUT2D eigenvalue weighted by molar-refractivity contribution is -0.126. The maximum Gasteiger partial charge on any atom is 0.246 e. The number of aromatic nitrogens is 2. The Labute approximate surface area is 133 Å². The van der Waals surface area contributed by atoms with Gasteiger partial charge in [0.1, 0.15) is 0 Å². The van der Waals surface area contributed by atoms with Crippen molar-refractivity contribution in [3.8, 4) is 0 Å². The molecule has 6 heteroatoms. The molecule has 0 saturated carbocycles. The number of nitrogens with zero attached hydrogens (tertiary/aromatic N) is 3. The highest BCUT2D eigenvalue weighted by molar-refractivity contribution is 7.15. The second-order valence-corrected chi connectivity index (χ2v) is 6.50. The van der Waals surface area contributed by atoms with Crippen molar-refractivity contribution in [2.45, 2.75) is 32.1 Å². The number of fused-ring (bicyclic) bond motifs is 1. The summed E-state index contributed by atoms with van der Waals surface area (Å²) in [6, 6.07) is 0. The molecule has 21 heavy (non-hydrogen) atoms. The molecule has 1 aliphatic heterocycles. The maximum absolute atomic E-state index is 12.3. The van der Waals surface area contributed by atoms with Crippen LogP contribution in [0.2, 0.25) is 5.15 Å². The van der Waals surface area contributed by atoms with Crippen LogP contribution in [0.5, 0.6) is 0 Å². The molecule has 0 radical (unpaired) electrons. The van der Waals surface area contributed by atoms with Crippen LogP contribution in [0.3, 0.4) is 0 Å². The van der Waals surface area contributed by atoms with Gasteiger partial charge in [-0.25, -0.2) is 4.98 Å². The van der Waals surface area contributed by atoms with Gasteiger partial charge in [0.25, 0.3) is 0 Å². The van der Waals surface area contributed by atoms with E-state index < -0.39 is 0 Å². The summed E-state index contributed by atoms with van der Waals surface area (Å²) in [5.41, 5.74) is 0.772. The van der Waals surface area contributed by atoms with Crippen molar-refractivity contribution in [1.82, 2.24) is 14.3 Å². The fraction of sp³-hybridized carbons (Fsp3) is 0.467. The number of hydrogen-bond donors (Lipinski definition) is 0. The van der Waals surface area contributed by atoms with Crippen LogP contribution in [-0.4, -0.2) is 33.3 Å². The van der Waals surface area contributed by atoms with E-state index in [1.807, 2.05) is 20.9 Å². The highest BCUT2D eigenvalue weighted by Crippen LogP contribution is 2.22. The van der Waals surface area contributed by atoms with Gasteiger partial charge in [0.2, 0.25) is 5.91 Å². The van der Waals surface area contributed by atoms with Crippen molar-refractivity contribution < 1.29 is 4.79 Å². The summed E-state index contributed by atoms with van der Waals surface area (Å²) in [4.78, 5) is 19.4. The molecule has 0 N–H and O–H groups in total. The van der Waals surface area contributed by atoms with Gasteiger partial charge in [-0.2, -0.15) is 0 Å². The minimum atomic E-state index is 0.0677. The van der Waals surface area contributed by atoms with Crippen molar-refractivity contribution in [3.63, 3.8) is 0 Å².